The maximum absolute atomic E-state index is 5.91. The molecule has 0 unspecified atom stereocenters. The Labute approximate surface area is 155 Å². The summed E-state index contributed by atoms with van der Waals surface area (Å²) in [6.07, 6.45) is 0. The van der Waals surface area contributed by atoms with Crippen molar-refractivity contribution in [1.82, 2.24) is 15.0 Å². The molecule has 2 aromatic carbocycles. The number of nitrogens with two attached hydrogens (primary N) is 1. The van der Waals surface area contributed by atoms with Gasteiger partial charge in [-0.25, -0.2) is 0 Å². The zero-order chi connectivity index (χ0) is 19.0. The summed E-state index contributed by atoms with van der Waals surface area (Å²) in [4.78, 5) is 12.0. The van der Waals surface area contributed by atoms with E-state index in [0.717, 1.165) is 16.3 Å². The van der Waals surface area contributed by atoms with Gasteiger partial charge in [0.1, 0.15) is 11.5 Å². The number of H-pyrrole nitrogens is 1. The molecule has 0 radical (unpaired) electrons. The molecule has 2 heterocycles. The predicted octanol–water partition coefficient (Wildman–Crippen LogP) is 3.46. The van der Waals surface area contributed by atoms with Gasteiger partial charge in [0.2, 0.25) is 11.7 Å². The number of para-hydroxylation sites is 1. The number of methoxy groups -OCH3 is 3. The average Bonchev–Trinajstić information content (AvgIpc) is 3.05. The molecule has 0 aliphatic heterocycles. The quantitative estimate of drug-likeness (QED) is 0.497. The van der Waals surface area contributed by atoms with Crippen molar-refractivity contribution in [3.63, 3.8) is 0 Å². The normalized spacial score (nSPS) is 10.9. The van der Waals surface area contributed by atoms with Crippen LogP contribution in [-0.2, 0) is 0 Å². The van der Waals surface area contributed by atoms with Crippen LogP contribution in [-0.4, -0.2) is 36.3 Å². The van der Waals surface area contributed by atoms with Crippen LogP contribution in [0, 0.1) is 0 Å². The highest BCUT2D eigenvalue weighted by molar-refractivity contribution is 6.11. The van der Waals surface area contributed by atoms with Crippen LogP contribution in [0.2, 0.25) is 0 Å². The molecule has 27 heavy (non-hydrogen) atoms. The Kier molecular flexibility index (Phi) is 4.08. The zero-order valence-electron chi connectivity index (χ0n) is 15.2. The van der Waals surface area contributed by atoms with E-state index in [9.17, 15) is 0 Å². The molecule has 4 N–H and O–H groups in total. The molecule has 0 spiro atoms. The van der Waals surface area contributed by atoms with Crippen molar-refractivity contribution >= 4 is 39.4 Å². The van der Waals surface area contributed by atoms with Gasteiger partial charge >= 0.3 is 0 Å². The van der Waals surface area contributed by atoms with Gasteiger partial charge in [0.05, 0.1) is 26.7 Å². The van der Waals surface area contributed by atoms with Crippen LogP contribution in [0.1, 0.15) is 0 Å². The third kappa shape index (κ3) is 2.80. The van der Waals surface area contributed by atoms with Crippen molar-refractivity contribution in [3.05, 3.63) is 36.4 Å². The van der Waals surface area contributed by atoms with Crippen LogP contribution in [0.15, 0.2) is 36.4 Å². The van der Waals surface area contributed by atoms with Gasteiger partial charge < -0.3 is 30.2 Å². The zero-order valence-corrected chi connectivity index (χ0v) is 15.2. The van der Waals surface area contributed by atoms with E-state index in [1.165, 1.54) is 0 Å². The molecule has 0 aliphatic rings. The molecular formula is C19H19N5O3. The van der Waals surface area contributed by atoms with Gasteiger partial charge in [-0.2, -0.15) is 9.97 Å². The number of nitrogens with zero attached hydrogens (tertiary/aromatic N) is 2. The standard InChI is InChI=1S/C19H19N5O3/c1-25-13-8-10(9-14(26-2)16(13)27-3)21-17-15-11-6-4-5-7-12(11)22-18(15)24-19(20)23-17/h4-9H,1-3H3,(H4,20,21,22,23,24). The molecule has 4 rings (SSSR count). The fourth-order valence-electron chi connectivity index (χ4n) is 3.14. The Morgan fingerprint density at radius 2 is 1.67 bits per heavy atom. The lowest BCUT2D eigenvalue weighted by Crippen LogP contribution is -2.02. The summed E-state index contributed by atoms with van der Waals surface area (Å²) in [6, 6.07) is 11.5. The second kappa shape index (κ2) is 6.56. The van der Waals surface area contributed by atoms with Gasteiger partial charge in [0, 0.05) is 28.7 Å². The van der Waals surface area contributed by atoms with Crippen LogP contribution in [0.5, 0.6) is 17.2 Å². The number of nitrogen functional groups attached to an aromatic ring is 1. The first kappa shape index (κ1) is 16.8. The van der Waals surface area contributed by atoms with Crippen LogP contribution in [0.4, 0.5) is 17.5 Å². The molecule has 8 nitrogen and oxygen atoms in total. The fourth-order valence-corrected chi connectivity index (χ4v) is 3.14. The molecule has 0 atom stereocenters. The lowest BCUT2D eigenvalue weighted by molar-refractivity contribution is 0.324. The highest BCUT2D eigenvalue weighted by Crippen LogP contribution is 2.41. The smallest absolute Gasteiger partial charge is 0.224 e. The minimum absolute atomic E-state index is 0.170. The molecule has 0 fully saturated rings. The average molecular weight is 365 g/mol. The summed E-state index contributed by atoms with van der Waals surface area (Å²) in [6.45, 7) is 0. The molecule has 8 heteroatoms. The van der Waals surface area contributed by atoms with Crippen molar-refractivity contribution in [2.75, 3.05) is 32.4 Å². The molecule has 0 saturated carbocycles. The Hall–Kier alpha value is -3.68. The summed E-state index contributed by atoms with van der Waals surface area (Å²) in [5, 5.41) is 5.16. The number of aromatic nitrogens is 3. The van der Waals surface area contributed by atoms with Gasteiger partial charge in [-0.3, -0.25) is 0 Å². The molecule has 138 valence electrons. The molecule has 4 aromatic rings. The first-order valence-electron chi connectivity index (χ1n) is 8.25. The van der Waals surface area contributed by atoms with Crippen LogP contribution < -0.4 is 25.3 Å². The fraction of sp³-hybridized carbons (Fsp3) is 0.158. The number of hydrogen-bond donors (Lipinski definition) is 3. The number of ether oxygens (including phenoxy) is 3. The van der Waals surface area contributed by atoms with E-state index in [2.05, 4.69) is 20.3 Å². The maximum Gasteiger partial charge on any atom is 0.224 e. The molecule has 2 aromatic heterocycles. The number of rotatable bonds is 5. The van der Waals surface area contributed by atoms with Crippen molar-refractivity contribution < 1.29 is 14.2 Å². The highest BCUT2D eigenvalue weighted by atomic mass is 16.5. The Balaban J connectivity index is 1.89. The topological polar surface area (TPSA) is 107 Å². The van der Waals surface area contributed by atoms with E-state index in [-0.39, 0.29) is 5.95 Å². The Morgan fingerprint density at radius 1 is 0.963 bits per heavy atom. The molecule has 0 amide bonds. The number of benzene rings is 2. The first-order valence-corrected chi connectivity index (χ1v) is 8.25. The van der Waals surface area contributed by atoms with Crippen molar-refractivity contribution in [3.8, 4) is 17.2 Å². The minimum atomic E-state index is 0.170. The SMILES string of the molecule is COc1cc(Nc2nc(N)nc3[nH]c4ccccc4c23)cc(OC)c1OC. The number of anilines is 3. The third-order valence-corrected chi connectivity index (χ3v) is 4.30. The molecule has 0 saturated heterocycles. The molecule has 0 aliphatic carbocycles. The van der Waals surface area contributed by atoms with Gasteiger partial charge in [0.25, 0.3) is 0 Å². The summed E-state index contributed by atoms with van der Waals surface area (Å²) in [5.41, 5.74) is 8.25. The van der Waals surface area contributed by atoms with Crippen molar-refractivity contribution in [2.45, 2.75) is 0 Å². The monoisotopic (exact) mass is 365 g/mol. The summed E-state index contributed by atoms with van der Waals surface area (Å²) < 4.78 is 16.2. The Bertz CT molecular complexity index is 1110. The number of aromatic amines is 1. The third-order valence-electron chi connectivity index (χ3n) is 4.30. The van der Waals surface area contributed by atoms with Gasteiger partial charge in [0.15, 0.2) is 11.5 Å². The largest absolute Gasteiger partial charge is 0.493 e. The van der Waals surface area contributed by atoms with E-state index in [1.54, 1.807) is 33.5 Å². The minimum Gasteiger partial charge on any atom is -0.493 e. The number of fused-ring (bicyclic) bond motifs is 3. The van der Waals surface area contributed by atoms with E-state index >= 15 is 0 Å². The summed E-state index contributed by atoms with van der Waals surface area (Å²) >= 11 is 0. The van der Waals surface area contributed by atoms with Gasteiger partial charge in [-0.05, 0) is 6.07 Å². The van der Waals surface area contributed by atoms with E-state index < -0.39 is 0 Å². The maximum atomic E-state index is 5.91. The predicted molar refractivity (Wildman–Crippen MR) is 105 cm³/mol. The number of nitrogens with one attached hydrogen (secondary N) is 2. The lowest BCUT2D eigenvalue weighted by Gasteiger charge is -2.15. The summed E-state index contributed by atoms with van der Waals surface area (Å²) in [7, 11) is 4.71. The highest BCUT2D eigenvalue weighted by Gasteiger charge is 2.16. The number of hydrogen-bond acceptors (Lipinski definition) is 7. The lowest BCUT2D eigenvalue weighted by atomic mass is 10.2. The van der Waals surface area contributed by atoms with E-state index in [4.69, 9.17) is 19.9 Å². The Morgan fingerprint density at radius 3 is 2.33 bits per heavy atom. The van der Waals surface area contributed by atoms with Crippen LogP contribution in [0.25, 0.3) is 21.9 Å². The first-order chi connectivity index (χ1) is 13.1. The molecular weight excluding hydrogens is 346 g/mol. The van der Waals surface area contributed by atoms with Gasteiger partial charge in [-0.1, -0.05) is 18.2 Å². The van der Waals surface area contributed by atoms with E-state index in [1.807, 2.05) is 24.3 Å². The second-order valence-electron chi connectivity index (χ2n) is 5.86. The second-order valence-corrected chi connectivity index (χ2v) is 5.86. The summed E-state index contributed by atoms with van der Waals surface area (Å²) in [5.74, 6) is 2.35. The van der Waals surface area contributed by atoms with Crippen LogP contribution in [0.3, 0.4) is 0 Å². The van der Waals surface area contributed by atoms with Crippen molar-refractivity contribution in [2.24, 2.45) is 0 Å². The van der Waals surface area contributed by atoms with Crippen molar-refractivity contribution in [1.29, 1.82) is 0 Å². The van der Waals surface area contributed by atoms with Crippen LogP contribution >= 0.6 is 0 Å². The van der Waals surface area contributed by atoms with Gasteiger partial charge in [-0.15, -0.1) is 0 Å². The molecule has 0 bridgehead atoms. The van der Waals surface area contributed by atoms with E-state index in [0.29, 0.717) is 34.4 Å².